The summed E-state index contributed by atoms with van der Waals surface area (Å²) in [6.45, 7) is 0. The number of hydrogen-bond donors (Lipinski definition) is 0. The van der Waals surface area contributed by atoms with Crippen molar-refractivity contribution in [1.29, 1.82) is 0 Å². The second-order valence-electron chi connectivity index (χ2n) is 19.1. The Hall–Kier alpha value is -9.04. The van der Waals surface area contributed by atoms with Crippen LogP contribution in [0, 0.1) is 0 Å². The minimum absolute atomic E-state index is 0.530. The quantitative estimate of drug-likeness (QED) is 0.156. The average Bonchev–Trinajstić information content (AvgIpc) is 3.91. The molecule has 2 aliphatic carbocycles. The van der Waals surface area contributed by atoms with Gasteiger partial charge < -0.3 is 4.90 Å². The maximum Gasteiger partial charge on any atom is 0.0726 e. The highest BCUT2D eigenvalue weighted by atomic mass is 15.1. The molecule has 1 heteroatoms. The third-order valence-corrected chi connectivity index (χ3v) is 15.6. The number of anilines is 3. The highest BCUT2D eigenvalue weighted by Gasteiger charge is 2.52. The van der Waals surface area contributed by atoms with E-state index in [2.05, 4.69) is 266 Å². The maximum absolute atomic E-state index is 2.58. The first-order valence-electron chi connectivity index (χ1n) is 24.4. The van der Waals surface area contributed by atoms with Crippen LogP contribution in [0.5, 0.6) is 0 Å². The summed E-state index contributed by atoms with van der Waals surface area (Å²) < 4.78 is 0. The van der Waals surface area contributed by atoms with Crippen LogP contribution in [0.2, 0.25) is 0 Å². The molecular weight excluding hydrogens is 843 g/mol. The molecule has 1 spiro atoms. The molecule has 13 aromatic rings. The Morgan fingerprint density at radius 2 is 0.671 bits per heavy atom. The largest absolute Gasteiger partial charge is 0.310 e. The third-order valence-electron chi connectivity index (χ3n) is 15.6. The SMILES string of the molecule is c1ccc(-c2ccccc2-c2cc3c(cc2N(c2ccc4c(ccc5ccccc54)c2)c2ccc4c5ccccc5c5ccccc5c4c2)C2(c4ccccc4-c4ccccc42)c2ccccc2-3)cc1. The van der Waals surface area contributed by atoms with Crippen molar-refractivity contribution in [1.82, 2.24) is 0 Å². The number of rotatable bonds is 5. The zero-order valence-corrected chi connectivity index (χ0v) is 38.3. The molecule has 0 unspecified atom stereocenters. The van der Waals surface area contributed by atoms with Gasteiger partial charge >= 0.3 is 0 Å². The Labute approximate surface area is 406 Å². The molecule has 0 saturated carbocycles. The summed E-state index contributed by atoms with van der Waals surface area (Å²) in [5.74, 6) is 0. The van der Waals surface area contributed by atoms with Crippen LogP contribution < -0.4 is 4.90 Å². The lowest BCUT2D eigenvalue weighted by molar-refractivity contribution is 0.794. The molecule has 0 atom stereocenters. The van der Waals surface area contributed by atoms with Gasteiger partial charge in [-0.15, -0.1) is 0 Å². The zero-order valence-electron chi connectivity index (χ0n) is 38.3. The minimum atomic E-state index is -0.530. The number of fused-ring (bicyclic) bond motifs is 19. The molecule has 0 fully saturated rings. The smallest absolute Gasteiger partial charge is 0.0726 e. The van der Waals surface area contributed by atoms with Gasteiger partial charge in [0.25, 0.3) is 0 Å². The Balaban J connectivity index is 1.10. The van der Waals surface area contributed by atoms with Crippen LogP contribution in [-0.2, 0) is 5.41 Å². The summed E-state index contributed by atoms with van der Waals surface area (Å²) >= 11 is 0. The van der Waals surface area contributed by atoms with E-state index in [-0.39, 0.29) is 0 Å². The number of nitrogens with zero attached hydrogens (tertiary/aromatic N) is 1. The zero-order chi connectivity index (χ0) is 45.9. The van der Waals surface area contributed by atoms with Crippen molar-refractivity contribution in [3.8, 4) is 44.5 Å². The van der Waals surface area contributed by atoms with Gasteiger partial charge in [-0.25, -0.2) is 0 Å². The van der Waals surface area contributed by atoms with Crippen LogP contribution in [0.3, 0.4) is 0 Å². The first-order chi connectivity index (χ1) is 34.7. The summed E-state index contributed by atoms with van der Waals surface area (Å²) in [5.41, 5.74) is 18.0. The highest BCUT2D eigenvalue weighted by Crippen LogP contribution is 2.64. The molecule has 0 aromatic heterocycles. The number of benzene rings is 13. The molecule has 0 aliphatic heterocycles. The monoisotopic (exact) mass is 885 g/mol. The molecule has 0 amide bonds. The molecule has 0 bridgehead atoms. The summed E-state index contributed by atoms with van der Waals surface area (Å²) in [7, 11) is 0. The standard InChI is InChI=1S/C69H43N/c1-2-18-44(19-3-1)50-22-6-7-23-52(50)63-42-62-60-30-14-17-33-66(60)69(64-31-15-12-28-58(64)59-29-13-16-32-65(59)69)67(62)43-68(63)70(47-36-38-51-46(40-47)35-34-45-20-4-5-21-49(45)51)48-37-39-57-55-26-9-8-24-53(55)54-25-10-11-27-56(54)61(57)41-48/h1-43H. The summed E-state index contributed by atoms with van der Waals surface area (Å²) in [6, 6.07) is 97.9. The topological polar surface area (TPSA) is 3.24 Å². The van der Waals surface area contributed by atoms with Crippen molar-refractivity contribution in [3.05, 3.63) is 283 Å². The maximum atomic E-state index is 2.58. The third kappa shape index (κ3) is 5.43. The molecule has 0 radical (unpaired) electrons. The van der Waals surface area contributed by atoms with Gasteiger partial charge in [-0.05, 0) is 151 Å². The fraction of sp³-hybridized carbons (Fsp3) is 0.0145. The molecule has 324 valence electrons. The average molecular weight is 886 g/mol. The lowest BCUT2D eigenvalue weighted by Crippen LogP contribution is -2.26. The molecule has 0 saturated heterocycles. The molecule has 2 aliphatic rings. The molecular formula is C69H43N. The Bertz CT molecular complexity index is 4230. The van der Waals surface area contributed by atoms with Gasteiger partial charge in [-0.3, -0.25) is 0 Å². The van der Waals surface area contributed by atoms with Gasteiger partial charge in [0, 0.05) is 16.9 Å². The lowest BCUT2D eigenvalue weighted by Gasteiger charge is -2.34. The fourth-order valence-electron chi connectivity index (χ4n) is 12.7. The lowest BCUT2D eigenvalue weighted by atomic mass is 9.70. The van der Waals surface area contributed by atoms with Gasteiger partial charge in [-0.2, -0.15) is 0 Å². The Kier molecular flexibility index (Phi) is 8.35. The van der Waals surface area contributed by atoms with Crippen molar-refractivity contribution in [2.45, 2.75) is 5.41 Å². The van der Waals surface area contributed by atoms with Gasteiger partial charge in [0.05, 0.1) is 11.1 Å². The fourth-order valence-corrected chi connectivity index (χ4v) is 12.7. The van der Waals surface area contributed by atoms with E-state index in [1.807, 2.05) is 0 Å². The van der Waals surface area contributed by atoms with Crippen LogP contribution in [-0.4, -0.2) is 0 Å². The van der Waals surface area contributed by atoms with Crippen molar-refractivity contribution in [2.75, 3.05) is 4.90 Å². The van der Waals surface area contributed by atoms with Gasteiger partial charge in [0.15, 0.2) is 0 Å². The van der Waals surface area contributed by atoms with E-state index in [0.29, 0.717) is 0 Å². The van der Waals surface area contributed by atoms with Gasteiger partial charge in [0.2, 0.25) is 0 Å². The predicted molar refractivity (Wildman–Crippen MR) is 296 cm³/mol. The summed E-state index contributed by atoms with van der Waals surface area (Å²) in [6.07, 6.45) is 0. The van der Waals surface area contributed by atoms with Crippen LogP contribution in [0.1, 0.15) is 22.3 Å². The summed E-state index contributed by atoms with van der Waals surface area (Å²) in [4.78, 5) is 2.57. The Morgan fingerprint density at radius 1 is 0.229 bits per heavy atom. The minimum Gasteiger partial charge on any atom is -0.310 e. The van der Waals surface area contributed by atoms with Gasteiger partial charge in [0.1, 0.15) is 0 Å². The molecule has 0 heterocycles. The normalized spacial score (nSPS) is 13.0. The number of hydrogen-bond acceptors (Lipinski definition) is 1. The first kappa shape index (κ1) is 39.0. The van der Waals surface area contributed by atoms with Crippen molar-refractivity contribution < 1.29 is 0 Å². The van der Waals surface area contributed by atoms with E-state index in [9.17, 15) is 0 Å². The van der Waals surface area contributed by atoms with E-state index in [1.54, 1.807) is 0 Å². The van der Waals surface area contributed by atoms with E-state index in [1.165, 1.54) is 121 Å². The molecule has 15 rings (SSSR count). The molecule has 0 N–H and O–H groups in total. The summed E-state index contributed by atoms with van der Waals surface area (Å²) in [5, 5.41) is 12.5. The van der Waals surface area contributed by atoms with E-state index in [4.69, 9.17) is 0 Å². The molecule has 70 heavy (non-hydrogen) atoms. The second-order valence-corrected chi connectivity index (χ2v) is 19.1. The first-order valence-corrected chi connectivity index (χ1v) is 24.4. The van der Waals surface area contributed by atoms with Crippen molar-refractivity contribution in [2.24, 2.45) is 0 Å². The van der Waals surface area contributed by atoms with E-state index >= 15 is 0 Å². The highest BCUT2D eigenvalue weighted by molar-refractivity contribution is 6.26. The van der Waals surface area contributed by atoms with E-state index in [0.717, 1.165) is 17.1 Å². The van der Waals surface area contributed by atoms with Crippen molar-refractivity contribution in [3.63, 3.8) is 0 Å². The van der Waals surface area contributed by atoms with Crippen LogP contribution >= 0.6 is 0 Å². The van der Waals surface area contributed by atoms with Crippen LogP contribution in [0.25, 0.3) is 98.4 Å². The van der Waals surface area contributed by atoms with Crippen LogP contribution in [0.4, 0.5) is 17.1 Å². The molecule has 13 aromatic carbocycles. The Morgan fingerprint density at radius 3 is 1.31 bits per heavy atom. The second kappa shape index (κ2) is 15.0. The molecule has 1 nitrogen and oxygen atoms in total. The van der Waals surface area contributed by atoms with Gasteiger partial charge in [-0.1, -0.05) is 224 Å². The van der Waals surface area contributed by atoms with E-state index < -0.39 is 5.41 Å². The predicted octanol–water partition coefficient (Wildman–Crippen LogP) is 18.6. The van der Waals surface area contributed by atoms with Crippen molar-refractivity contribution >= 4 is 70.9 Å². The van der Waals surface area contributed by atoms with Crippen LogP contribution in [0.15, 0.2) is 261 Å².